The Morgan fingerprint density at radius 3 is 2.55 bits per heavy atom. The first kappa shape index (κ1) is 20.9. The monoisotopic (exact) mass is 419 g/mol. The summed E-state index contributed by atoms with van der Waals surface area (Å²) in [6.07, 6.45) is 4.67. The first-order valence-corrected chi connectivity index (χ1v) is 10.6. The maximum absolute atomic E-state index is 13.7. The summed E-state index contributed by atoms with van der Waals surface area (Å²) < 4.78 is 13.7. The molecule has 1 saturated heterocycles. The Labute approximate surface area is 181 Å². The first-order chi connectivity index (χ1) is 15.2. The number of carbonyl (C=O) groups excluding carboxylic acids is 1. The van der Waals surface area contributed by atoms with Gasteiger partial charge in [0.2, 0.25) is 5.91 Å². The third kappa shape index (κ3) is 6.08. The highest BCUT2D eigenvalue weighted by Crippen LogP contribution is 2.22. The molecule has 0 atom stereocenters. The molecule has 2 N–H and O–H groups in total. The van der Waals surface area contributed by atoms with Crippen LogP contribution in [0.1, 0.15) is 18.5 Å². The van der Waals surface area contributed by atoms with E-state index in [1.54, 1.807) is 24.4 Å². The van der Waals surface area contributed by atoms with E-state index in [-0.39, 0.29) is 18.1 Å². The fraction of sp³-hybridized carbons (Fsp3) is 0.292. The number of hydrogen-bond donors (Lipinski definition) is 2. The lowest BCUT2D eigenvalue weighted by molar-refractivity contribution is -0.117. The van der Waals surface area contributed by atoms with Crippen molar-refractivity contribution in [2.45, 2.75) is 19.3 Å². The van der Waals surface area contributed by atoms with Crippen LogP contribution in [0.25, 0.3) is 0 Å². The smallest absolute Gasteiger partial charge is 0.238 e. The van der Waals surface area contributed by atoms with Gasteiger partial charge in [0.15, 0.2) is 0 Å². The number of aromatic nitrogens is 2. The summed E-state index contributed by atoms with van der Waals surface area (Å²) in [6.45, 7) is 1.98. The van der Waals surface area contributed by atoms with E-state index in [0.29, 0.717) is 5.92 Å². The number of carbonyl (C=O) groups is 1. The number of pyridine rings is 2. The average molecular weight is 420 g/mol. The molecule has 2 aromatic heterocycles. The van der Waals surface area contributed by atoms with Crippen LogP contribution in [0, 0.1) is 11.7 Å². The molecule has 6 nitrogen and oxygen atoms in total. The molecule has 1 amide bonds. The molecule has 0 bridgehead atoms. The molecule has 7 heteroatoms. The number of nitrogens with zero attached hydrogens (tertiary/aromatic N) is 3. The molecular formula is C24H26FN5O. The zero-order valence-electron chi connectivity index (χ0n) is 17.3. The van der Waals surface area contributed by atoms with Crippen LogP contribution < -0.4 is 10.6 Å². The number of likely N-dealkylation sites (tertiary alicyclic amines) is 1. The SMILES string of the molecule is O=C(CN1CCC(Cc2cccc(Nc3ccccn3)n2)CC1)Nc1ccccc1F. The molecule has 0 aliphatic carbocycles. The number of anilines is 3. The molecule has 0 saturated carbocycles. The number of nitrogens with one attached hydrogen (secondary N) is 2. The Morgan fingerprint density at radius 2 is 1.77 bits per heavy atom. The van der Waals surface area contributed by atoms with Crippen LogP contribution in [0.2, 0.25) is 0 Å². The lowest BCUT2D eigenvalue weighted by atomic mass is 9.92. The normalized spacial score (nSPS) is 14.9. The minimum Gasteiger partial charge on any atom is -0.325 e. The van der Waals surface area contributed by atoms with Crippen LogP contribution in [0.5, 0.6) is 0 Å². The maximum Gasteiger partial charge on any atom is 0.238 e. The maximum atomic E-state index is 13.7. The van der Waals surface area contributed by atoms with E-state index in [1.807, 2.05) is 30.3 Å². The van der Waals surface area contributed by atoms with Crippen LogP contribution in [-0.2, 0) is 11.2 Å². The van der Waals surface area contributed by atoms with Crippen LogP contribution in [0.3, 0.4) is 0 Å². The summed E-state index contributed by atoms with van der Waals surface area (Å²) in [6, 6.07) is 18.0. The van der Waals surface area contributed by atoms with Crippen molar-refractivity contribution < 1.29 is 9.18 Å². The number of hydrogen-bond acceptors (Lipinski definition) is 5. The molecular weight excluding hydrogens is 393 g/mol. The van der Waals surface area contributed by atoms with Gasteiger partial charge in [0, 0.05) is 11.9 Å². The topological polar surface area (TPSA) is 70.2 Å². The van der Waals surface area contributed by atoms with Gasteiger partial charge in [0.25, 0.3) is 0 Å². The van der Waals surface area contributed by atoms with Gasteiger partial charge in [0.1, 0.15) is 17.5 Å². The molecule has 0 spiro atoms. The van der Waals surface area contributed by atoms with Gasteiger partial charge in [-0.3, -0.25) is 9.69 Å². The Hall–Kier alpha value is -3.32. The second-order valence-corrected chi connectivity index (χ2v) is 7.81. The summed E-state index contributed by atoms with van der Waals surface area (Å²) in [4.78, 5) is 23.4. The predicted molar refractivity (Wildman–Crippen MR) is 120 cm³/mol. The summed E-state index contributed by atoms with van der Waals surface area (Å²) >= 11 is 0. The van der Waals surface area contributed by atoms with Gasteiger partial charge < -0.3 is 10.6 Å². The predicted octanol–water partition coefficient (Wildman–Crippen LogP) is 4.25. The van der Waals surface area contributed by atoms with Gasteiger partial charge in [-0.05, 0) is 74.7 Å². The minimum atomic E-state index is -0.415. The summed E-state index contributed by atoms with van der Waals surface area (Å²) in [5.74, 6) is 1.50. The zero-order chi connectivity index (χ0) is 21.5. The molecule has 1 aromatic carbocycles. The third-order valence-electron chi connectivity index (χ3n) is 5.45. The van der Waals surface area contributed by atoms with Gasteiger partial charge >= 0.3 is 0 Å². The van der Waals surface area contributed by atoms with Crippen LogP contribution in [0.15, 0.2) is 66.9 Å². The number of halogens is 1. The highest BCUT2D eigenvalue weighted by atomic mass is 19.1. The molecule has 0 unspecified atom stereocenters. The number of benzene rings is 1. The van der Waals surface area contributed by atoms with Gasteiger partial charge in [-0.2, -0.15) is 0 Å². The van der Waals surface area contributed by atoms with Crippen molar-refractivity contribution in [3.05, 3.63) is 78.4 Å². The van der Waals surface area contributed by atoms with Crippen molar-refractivity contribution >= 4 is 23.2 Å². The number of rotatable bonds is 7. The molecule has 3 heterocycles. The average Bonchev–Trinajstić information content (AvgIpc) is 2.78. The molecule has 31 heavy (non-hydrogen) atoms. The van der Waals surface area contributed by atoms with Gasteiger partial charge in [-0.1, -0.05) is 24.3 Å². The molecule has 160 valence electrons. The fourth-order valence-corrected chi connectivity index (χ4v) is 3.83. The second kappa shape index (κ2) is 10.1. The summed E-state index contributed by atoms with van der Waals surface area (Å²) in [7, 11) is 0. The van der Waals surface area contributed by atoms with E-state index in [9.17, 15) is 9.18 Å². The lowest BCUT2D eigenvalue weighted by Crippen LogP contribution is -2.39. The highest BCUT2D eigenvalue weighted by molar-refractivity contribution is 5.92. The van der Waals surface area contributed by atoms with E-state index in [2.05, 4.69) is 26.6 Å². The summed E-state index contributed by atoms with van der Waals surface area (Å²) in [5, 5.41) is 5.89. The molecule has 1 aliphatic rings. The zero-order valence-corrected chi connectivity index (χ0v) is 17.3. The van der Waals surface area contributed by atoms with Gasteiger partial charge in [-0.25, -0.2) is 14.4 Å². The number of piperidine rings is 1. The van der Waals surface area contributed by atoms with Crippen molar-refractivity contribution in [3.8, 4) is 0 Å². The van der Waals surface area contributed by atoms with Crippen LogP contribution >= 0.6 is 0 Å². The van der Waals surface area contributed by atoms with E-state index >= 15 is 0 Å². The first-order valence-electron chi connectivity index (χ1n) is 10.6. The van der Waals surface area contributed by atoms with Crippen molar-refractivity contribution in [3.63, 3.8) is 0 Å². The number of amides is 1. The van der Waals surface area contributed by atoms with E-state index in [0.717, 1.165) is 49.7 Å². The minimum absolute atomic E-state index is 0.182. The highest BCUT2D eigenvalue weighted by Gasteiger charge is 2.22. The Bertz CT molecular complexity index is 1010. The van der Waals surface area contributed by atoms with Crippen molar-refractivity contribution in [1.82, 2.24) is 14.9 Å². The second-order valence-electron chi connectivity index (χ2n) is 7.81. The number of para-hydroxylation sites is 1. The van der Waals surface area contributed by atoms with Crippen molar-refractivity contribution in [2.75, 3.05) is 30.3 Å². The van der Waals surface area contributed by atoms with Crippen molar-refractivity contribution in [2.24, 2.45) is 5.92 Å². The molecule has 4 rings (SSSR count). The quantitative estimate of drug-likeness (QED) is 0.599. The Balaban J connectivity index is 1.24. The fourth-order valence-electron chi connectivity index (χ4n) is 3.83. The van der Waals surface area contributed by atoms with E-state index in [4.69, 9.17) is 4.98 Å². The molecule has 1 aliphatic heterocycles. The third-order valence-corrected chi connectivity index (χ3v) is 5.45. The molecule has 3 aromatic rings. The van der Waals surface area contributed by atoms with Gasteiger partial charge in [0.05, 0.1) is 12.2 Å². The molecule has 1 fully saturated rings. The van der Waals surface area contributed by atoms with E-state index in [1.165, 1.54) is 6.07 Å². The van der Waals surface area contributed by atoms with E-state index < -0.39 is 5.82 Å². The standard InChI is InChI=1S/C24H26FN5O/c25-20-7-1-2-8-21(20)28-24(31)17-30-14-11-18(12-15-30)16-19-6-5-10-23(27-19)29-22-9-3-4-13-26-22/h1-10,13,18H,11-12,14-17H2,(H,28,31)(H,26,27,29). The lowest BCUT2D eigenvalue weighted by Gasteiger charge is -2.31. The Kier molecular flexibility index (Phi) is 6.84. The Morgan fingerprint density at radius 1 is 1.00 bits per heavy atom. The van der Waals surface area contributed by atoms with Crippen LogP contribution in [-0.4, -0.2) is 40.4 Å². The van der Waals surface area contributed by atoms with Gasteiger partial charge in [-0.15, -0.1) is 0 Å². The van der Waals surface area contributed by atoms with Crippen molar-refractivity contribution in [1.29, 1.82) is 0 Å². The molecule has 0 radical (unpaired) electrons. The van der Waals surface area contributed by atoms with Crippen LogP contribution in [0.4, 0.5) is 21.7 Å². The summed E-state index contributed by atoms with van der Waals surface area (Å²) in [5.41, 5.74) is 1.28. The largest absolute Gasteiger partial charge is 0.325 e.